The predicted molar refractivity (Wildman–Crippen MR) is 102 cm³/mol. The summed E-state index contributed by atoms with van der Waals surface area (Å²) in [6.45, 7) is 4.58. The van der Waals surface area contributed by atoms with Gasteiger partial charge in [-0.2, -0.15) is 4.98 Å². The first kappa shape index (κ1) is 19.0. The molecule has 1 fully saturated rings. The molecule has 1 amide bonds. The number of aryl methyl sites for hydroxylation is 2. The van der Waals surface area contributed by atoms with Crippen molar-refractivity contribution in [3.63, 3.8) is 0 Å². The highest BCUT2D eigenvalue weighted by Crippen LogP contribution is 2.19. The van der Waals surface area contributed by atoms with E-state index >= 15 is 0 Å². The lowest BCUT2D eigenvalue weighted by Crippen LogP contribution is -2.45. The van der Waals surface area contributed by atoms with Crippen LogP contribution in [0, 0.1) is 19.8 Å². The summed E-state index contributed by atoms with van der Waals surface area (Å²) in [5.41, 5.74) is 1.95. The lowest BCUT2D eigenvalue weighted by Gasteiger charge is -2.32. The van der Waals surface area contributed by atoms with E-state index in [-0.39, 0.29) is 24.2 Å². The van der Waals surface area contributed by atoms with Gasteiger partial charge in [-0.15, -0.1) is 0 Å². The molecular formula is C21H25N3O3. The summed E-state index contributed by atoms with van der Waals surface area (Å²) in [6.07, 6.45) is 2.01. The smallest absolute Gasteiger partial charge is 0.340 e. The molecule has 0 spiro atoms. The zero-order chi connectivity index (χ0) is 19.4. The molecule has 1 atom stereocenters. The number of benzene rings is 1. The van der Waals surface area contributed by atoms with Crippen molar-refractivity contribution in [1.29, 1.82) is 0 Å². The number of piperidine rings is 1. The molecule has 0 N–H and O–H groups in total. The second-order valence-corrected chi connectivity index (χ2v) is 7.22. The van der Waals surface area contributed by atoms with Crippen molar-refractivity contribution in [2.75, 3.05) is 13.1 Å². The molecule has 0 radical (unpaired) electrons. The molecule has 0 saturated carbocycles. The summed E-state index contributed by atoms with van der Waals surface area (Å²) in [5.74, 6) is -0.107. The van der Waals surface area contributed by atoms with E-state index in [1.54, 1.807) is 24.8 Å². The van der Waals surface area contributed by atoms with Gasteiger partial charge in [0.1, 0.15) is 12.3 Å². The summed E-state index contributed by atoms with van der Waals surface area (Å²) in [7, 11) is 0. The second kappa shape index (κ2) is 8.29. The Kier molecular flexibility index (Phi) is 5.84. The van der Waals surface area contributed by atoms with Gasteiger partial charge in [-0.1, -0.05) is 30.3 Å². The summed E-state index contributed by atoms with van der Waals surface area (Å²) in [6, 6.07) is 11.5. The average molecular weight is 367 g/mol. The maximum absolute atomic E-state index is 12.7. The van der Waals surface area contributed by atoms with Gasteiger partial charge < -0.3 is 4.90 Å². The zero-order valence-corrected chi connectivity index (χ0v) is 15.9. The fraction of sp³-hybridized carbons (Fsp3) is 0.429. The van der Waals surface area contributed by atoms with Crippen LogP contribution in [0.25, 0.3) is 0 Å². The van der Waals surface area contributed by atoms with Crippen LogP contribution in [0.2, 0.25) is 0 Å². The Morgan fingerprint density at radius 2 is 1.93 bits per heavy atom. The van der Waals surface area contributed by atoms with Gasteiger partial charge in [-0.25, -0.2) is 4.79 Å². The first-order valence-electron chi connectivity index (χ1n) is 9.33. The van der Waals surface area contributed by atoms with Crippen LogP contribution >= 0.6 is 0 Å². The van der Waals surface area contributed by atoms with E-state index in [2.05, 4.69) is 4.98 Å². The Bertz CT molecular complexity index is 889. The Morgan fingerprint density at radius 1 is 1.19 bits per heavy atom. The molecule has 1 aliphatic heterocycles. The second-order valence-electron chi connectivity index (χ2n) is 7.22. The molecule has 142 valence electrons. The van der Waals surface area contributed by atoms with Gasteiger partial charge in [0.2, 0.25) is 5.91 Å². The predicted octanol–water partition coefficient (Wildman–Crippen LogP) is 1.91. The molecule has 1 saturated heterocycles. The average Bonchev–Trinajstić information content (AvgIpc) is 2.65. The molecular weight excluding hydrogens is 342 g/mol. The van der Waals surface area contributed by atoms with E-state index in [1.807, 2.05) is 30.3 Å². The first-order chi connectivity index (χ1) is 12.9. The van der Waals surface area contributed by atoms with Crippen molar-refractivity contribution >= 4 is 11.7 Å². The van der Waals surface area contributed by atoms with E-state index in [0.29, 0.717) is 25.2 Å². The third-order valence-electron chi connectivity index (χ3n) is 5.09. The quantitative estimate of drug-likeness (QED) is 0.809. The number of rotatable bonds is 5. The Labute approximate surface area is 158 Å². The van der Waals surface area contributed by atoms with E-state index in [1.165, 1.54) is 4.57 Å². The Hall–Kier alpha value is -2.76. The molecule has 1 aliphatic rings. The fourth-order valence-corrected chi connectivity index (χ4v) is 3.61. The number of hydrogen-bond acceptors (Lipinski definition) is 4. The minimum absolute atomic E-state index is 0.0302. The third-order valence-corrected chi connectivity index (χ3v) is 5.09. The minimum atomic E-state index is -0.408. The largest absolute Gasteiger partial charge is 0.348 e. The van der Waals surface area contributed by atoms with Crippen molar-refractivity contribution < 1.29 is 9.59 Å². The van der Waals surface area contributed by atoms with E-state index in [9.17, 15) is 14.4 Å². The molecule has 1 unspecified atom stereocenters. The molecule has 6 nitrogen and oxygen atoms in total. The standard InChI is InChI=1S/C21H25N3O3/c1-15-11-16(2)24(21(27)22-15)14-20(26)23-10-6-9-18(13-23)19(25)12-17-7-4-3-5-8-17/h3-5,7-8,11,18H,6,9-10,12-14H2,1-2H3. The minimum Gasteiger partial charge on any atom is -0.340 e. The van der Waals surface area contributed by atoms with Gasteiger partial charge in [-0.05, 0) is 38.3 Å². The van der Waals surface area contributed by atoms with E-state index < -0.39 is 5.69 Å². The normalized spacial score (nSPS) is 17.0. The van der Waals surface area contributed by atoms with Gasteiger partial charge in [0.05, 0.1) is 0 Å². The van der Waals surface area contributed by atoms with Crippen molar-refractivity contribution in [2.24, 2.45) is 5.92 Å². The van der Waals surface area contributed by atoms with Crippen molar-refractivity contribution in [2.45, 2.75) is 39.7 Å². The van der Waals surface area contributed by atoms with Crippen LogP contribution < -0.4 is 5.69 Å². The van der Waals surface area contributed by atoms with Crippen LogP contribution in [0.5, 0.6) is 0 Å². The molecule has 0 aliphatic carbocycles. The van der Waals surface area contributed by atoms with Crippen LogP contribution in [0.1, 0.15) is 29.8 Å². The van der Waals surface area contributed by atoms with Crippen molar-refractivity contribution in [1.82, 2.24) is 14.5 Å². The molecule has 27 heavy (non-hydrogen) atoms. The van der Waals surface area contributed by atoms with Crippen LogP contribution in [0.3, 0.4) is 0 Å². The molecule has 3 rings (SSSR count). The lowest BCUT2D eigenvalue weighted by molar-refractivity contribution is -0.135. The van der Waals surface area contributed by atoms with Gasteiger partial charge in [0, 0.05) is 36.8 Å². The number of ketones is 1. The van der Waals surface area contributed by atoms with Gasteiger partial charge >= 0.3 is 5.69 Å². The summed E-state index contributed by atoms with van der Waals surface area (Å²) < 4.78 is 1.39. The Balaban J connectivity index is 1.64. The molecule has 2 aromatic rings. The van der Waals surface area contributed by atoms with Gasteiger partial charge in [-0.3, -0.25) is 14.2 Å². The first-order valence-corrected chi connectivity index (χ1v) is 9.33. The maximum Gasteiger partial charge on any atom is 0.348 e. The number of Topliss-reactive ketones (excluding diaryl/α,β-unsaturated/α-hetero) is 1. The van der Waals surface area contributed by atoms with Crippen LogP contribution in [-0.2, 0) is 22.6 Å². The number of nitrogens with zero attached hydrogens (tertiary/aromatic N) is 3. The summed E-state index contributed by atoms with van der Waals surface area (Å²) in [4.78, 5) is 43.0. The monoisotopic (exact) mass is 367 g/mol. The number of hydrogen-bond donors (Lipinski definition) is 0. The highest BCUT2D eigenvalue weighted by Gasteiger charge is 2.28. The topological polar surface area (TPSA) is 72.3 Å². The third kappa shape index (κ3) is 4.70. The van der Waals surface area contributed by atoms with Crippen LogP contribution in [0.15, 0.2) is 41.2 Å². The van der Waals surface area contributed by atoms with E-state index in [0.717, 1.165) is 24.1 Å². The van der Waals surface area contributed by atoms with Gasteiger partial charge in [0.25, 0.3) is 0 Å². The number of amides is 1. The van der Waals surface area contributed by atoms with Crippen molar-refractivity contribution in [3.8, 4) is 0 Å². The molecule has 1 aromatic carbocycles. The lowest BCUT2D eigenvalue weighted by atomic mass is 9.90. The molecule has 1 aromatic heterocycles. The van der Waals surface area contributed by atoms with E-state index in [4.69, 9.17) is 0 Å². The SMILES string of the molecule is Cc1cc(C)n(CC(=O)N2CCCC(C(=O)Cc3ccccc3)C2)c(=O)n1. The number of aromatic nitrogens is 2. The molecule has 0 bridgehead atoms. The molecule has 2 heterocycles. The summed E-state index contributed by atoms with van der Waals surface area (Å²) in [5, 5.41) is 0. The summed E-state index contributed by atoms with van der Waals surface area (Å²) >= 11 is 0. The maximum atomic E-state index is 12.7. The van der Waals surface area contributed by atoms with Crippen LogP contribution in [0.4, 0.5) is 0 Å². The fourth-order valence-electron chi connectivity index (χ4n) is 3.61. The van der Waals surface area contributed by atoms with Crippen molar-refractivity contribution in [3.05, 3.63) is 63.8 Å². The highest BCUT2D eigenvalue weighted by molar-refractivity contribution is 5.84. The number of carbonyl (C=O) groups is 2. The number of carbonyl (C=O) groups excluding carboxylic acids is 2. The zero-order valence-electron chi connectivity index (χ0n) is 15.9. The number of likely N-dealkylation sites (tertiary alicyclic amines) is 1. The molecule has 6 heteroatoms. The van der Waals surface area contributed by atoms with Crippen LogP contribution in [-0.4, -0.2) is 39.2 Å². The Morgan fingerprint density at radius 3 is 2.63 bits per heavy atom. The van der Waals surface area contributed by atoms with Gasteiger partial charge in [0.15, 0.2) is 0 Å². The highest BCUT2D eigenvalue weighted by atomic mass is 16.2.